The maximum Gasteiger partial charge on any atom is 0.312 e. The van der Waals surface area contributed by atoms with E-state index in [9.17, 15) is 4.79 Å². The van der Waals surface area contributed by atoms with Crippen molar-refractivity contribution in [1.82, 2.24) is 5.32 Å². The molecule has 0 spiro atoms. The summed E-state index contributed by atoms with van der Waals surface area (Å²) in [5, 5.41) is 2.62. The number of anilines is 1. The van der Waals surface area contributed by atoms with E-state index in [1.807, 2.05) is 36.4 Å². The summed E-state index contributed by atoms with van der Waals surface area (Å²) in [5.41, 5.74) is 8.64. The van der Waals surface area contributed by atoms with Gasteiger partial charge in [-0.25, -0.2) is 4.79 Å². The number of carbonyl (C=O) groups excluding carboxylic acids is 1. The van der Waals surface area contributed by atoms with Gasteiger partial charge in [-0.3, -0.25) is 0 Å². The van der Waals surface area contributed by atoms with E-state index in [0.717, 1.165) is 24.3 Å². The number of amides is 2. The van der Waals surface area contributed by atoms with Gasteiger partial charge in [0.2, 0.25) is 0 Å². The number of benzene rings is 2. The fourth-order valence-corrected chi connectivity index (χ4v) is 2.92. The van der Waals surface area contributed by atoms with Gasteiger partial charge in [0.1, 0.15) is 5.75 Å². The molecule has 0 aliphatic carbocycles. The standard InChI is InChI=1S/C18H21N3O2/c1-13(23-16-5-3-2-4-6-16)21-10-9-15-11-14(7-8-17(15)21)12-20-18(19)22/h2-8,11,13H,9-10,12H2,1H3,(H3,19,20,22). The highest BCUT2D eigenvalue weighted by molar-refractivity contribution is 5.71. The Morgan fingerprint density at radius 3 is 2.83 bits per heavy atom. The van der Waals surface area contributed by atoms with Crippen molar-refractivity contribution >= 4 is 11.7 Å². The number of nitrogens with two attached hydrogens (primary N) is 1. The molecule has 1 aliphatic heterocycles. The third kappa shape index (κ3) is 3.56. The van der Waals surface area contributed by atoms with Crippen molar-refractivity contribution in [2.45, 2.75) is 26.1 Å². The number of ether oxygens (including phenoxy) is 1. The predicted molar refractivity (Wildman–Crippen MR) is 90.4 cm³/mol. The van der Waals surface area contributed by atoms with Gasteiger partial charge in [0.15, 0.2) is 6.23 Å². The minimum Gasteiger partial charge on any atom is -0.471 e. The number of primary amides is 1. The number of rotatable bonds is 5. The van der Waals surface area contributed by atoms with E-state index in [2.05, 4.69) is 29.3 Å². The summed E-state index contributed by atoms with van der Waals surface area (Å²) in [5.74, 6) is 0.871. The number of para-hydroxylation sites is 1. The first-order valence-corrected chi connectivity index (χ1v) is 7.77. The van der Waals surface area contributed by atoms with Crippen molar-refractivity contribution in [2.24, 2.45) is 5.73 Å². The second-order valence-electron chi connectivity index (χ2n) is 5.65. The minimum atomic E-state index is -0.503. The number of urea groups is 1. The Morgan fingerprint density at radius 2 is 2.09 bits per heavy atom. The van der Waals surface area contributed by atoms with Crippen LogP contribution < -0.4 is 20.7 Å². The monoisotopic (exact) mass is 311 g/mol. The number of fused-ring (bicyclic) bond motifs is 1. The van der Waals surface area contributed by atoms with Crippen LogP contribution in [0.25, 0.3) is 0 Å². The molecule has 5 nitrogen and oxygen atoms in total. The van der Waals surface area contributed by atoms with Crippen LogP contribution >= 0.6 is 0 Å². The summed E-state index contributed by atoms with van der Waals surface area (Å²) in [4.78, 5) is 13.1. The average molecular weight is 311 g/mol. The molecule has 5 heteroatoms. The maximum absolute atomic E-state index is 10.8. The Labute approximate surface area is 136 Å². The molecule has 0 saturated heterocycles. The highest BCUT2D eigenvalue weighted by Crippen LogP contribution is 2.31. The second kappa shape index (κ2) is 6.60. The number of nitrogens with one attached hydrogen (secondary N) is 1. The van der Waals surface area contributed by atoms with Crippen LogP contribution in [-0.4, -0.2) is 18.8 Å². The Balaban J connectivity index is 1.70. The summed E-state index contributed by atoms with van der Waals surface area (Å²) in [6.07, 6.45) is 0.940. The SMILES string of the molecule is CC(Oc1ccccc1)N1CCc2cc(CNC(N)=O)ccc21. The van der Waals surface area contributed by atoms with Crippen LogP contribution in [0.1, 0.15) is 18.1 Å². The van der Waals surface area contributed by atoms with E-state index < -0.39 is 6.03 Å². The van der Waals surface area contributed by atoms with Crippen LogP contribution in [0, 0.1) is 0 Å². The lowest BCUT2D eigenvalue weighted by atomic mass is 10.1. The highest BCUT2D eigenvalue weighted by atomic mass is 16.5. The summed E-state index contributed by atoms with van der Waals surface area (Å²) in [6.45, 7) is 3.44. The quantitative estimate of drug-likeness (QED) is 0.892. The molecule has 2 aromatic carbocycles. The van der Waals surface area contributed by atoms with Crippen LogP contribution in [0.2, 0.25) is 0 Å². The van der Waals surface area contributed by atoms with Gasteiger partial charge in [-0.1, -0.05) is 30.3 Å². The van der Waals surface area contributed by atoms with Crippen LogP contribution in [-0.2, 0) is 13.0 Å². The zero-order chi connectivity index (χ0) is 16.2. The molecule has 0 fully saturated rings. The molecule has 2 aromatic rings. The Hall–Kier alpha value is -2.69. The summed E-state index contributed by atoms with van der Waals surface area (Å²) in [6, 6.07) is 15.6. The fraction of sp³-hybridized carbons (Fsp3) is 0.278. The third-order valence-corrected chi connectivity index (χ3v) is 4.03. The highest BCUT2D eigenvalue weighted by Gasteiger charge is 2.24. The van der Waals surface area contributed by atoms with Crippen LogP contribution in [0.5, 0.6) is 5.75 Å². The largest absolute Gasteiger partial charge is 0.471 e. The lowest BCUT2D eigenvalue weighted by molar-refractivity contribution is 0.217. The molecule has 1 atom stereocenters. The first-order valence-electron chi connectivity index (χ1n) is 7.77. The smallest absolute Gasteiger partial charge is 0.312 e. The van der Waals surface area contributed by atoms with Gasteiger partial charge < -0.3 is 20.7 Å². The Morgan fingerprint density at radius 1 is 1.30 bits per heavy atom. The molecule has 0 aromatic heterocycles. The normalized spacial score (nSPS) is 14.2. The molecule has 1 aliphatic rings. The molecule has 0 radical (unpaired) electrons. The van der Waals surface area contributed by atoms with E-state index >= 15 is 0 Å². The van der Waals surface area contributed by atoms with Gasteiger partial charge in [-0.2, -0.15) is 0 Å². The van der Waals surface area contributed by atoms with Crippen molar-refractivity contribution in [3.63, 3.8) is 0 Å². The van der Waals surface area contributed by atoms with Gasteiger partial charge in [0.05, 0.1) is 0 Å². The lowest BCUT2D eigenvalue weighted by Crippen LogP contribution is -2.35. The number of nitrogens with zero attached hydrogens (tertiary/aromatic N) is 1. The molecular formula is C18H21N3O2. The predicted octanol–water partition coefficient (Wildman–Crippen LogP) is 2.64. The van der Waals surface area contributed by atoms with Crippen LogP contribution in [0.3, 0.4) is 0 Å². The topological polar surface area (TPSA) is 67.6 Å². The average Bonchev–Trinajstić information content (AvgIpc) is 2.97. The zero-order valence-corrected chi connectivity index (χ0v) is 13.2. The summed E-state index contributed by atoms with van der Waals surface area (Å²) < 4.78 is 6.02. The van der Waals surface area contributed by atoms with Crippen molar-refractivity contribution in [3.8, 4) is 5.75 Å². The molecule has 1 unspecified atom stereocenters. The molecule has 120 valence electrons. The van der Waals surface area contributed by atoms with Crippen molar-refractivity contribution in [2.75, 3.05) is 11.4 Å². The lowest BCUT2D eigenvalue weighted by Gasteiger charge is -2.27. The van der Waals surface area contributed by atoms with Crippen molar-refractivity contribution in [3.05, 3.63) is 59.7 Å². The third-order valence-electron chi connectivity index (χ3n) is 4.03. The fourth-order valence-electron chi connectivity index (χ4n) is 2.92. The van der Waals surface area contributed by atoms with Gasteiger partial charge in [0.25, 0.3) is 0 Å². The Bertz CT molecular complexity index is 688. The van der Waals surface area contributed by atoms with E-state index in [4.69, 9.17) is 10.5 Å². The maximum atomic E-state index is 10.8. The number of carbonyl (C=O) groups is 1. The zero-order valence-electron chi connectivity index (χ0n) is 13.2. The molecule has 23 heavy (non-hydrogen) atoms. The number of hydrogen-bond donors (Lipinski definition) is 2. The van der Waals surface area contributed by atoms with E-state index in [-0.39, 0.29) is 6.23 Å². The molecular weight excluding hydrogens is 290 g/mol. The minimum absolute atomic E-state index is 0.0340. The molecule has 0 bridgehead atoms. The molecule has 2 amide bonds. The van der Waals surface area contributed by atoms with Gasteiger partial charge >= 0.3 is 6.03 Å². The first-order chi connectivity index (χ1) is 11.1. The molecule has 1 heterocycles. The second-order valence-corrected chi connectivity index (χ2v) is 5.65. The molecule has 3 N–H and O–H groups in total. The Kier molecular flexibility index (Phi) is 4.37. The van der Waals surface area contributed by atoms with Crippen molar-refractivity contribution < 1.29 is 9.53 Å². The first kappa shape index (κ1) is 15.2. The van der Waals surface area contributed by atoms with Crippen LogP contribution in [0.4, 0.5) is 10.5 Å². The van der Waals surface area contributed by atoms with Crippen molar-refractivity contribution in [1.29, 1.82) is 0 Å². The summed E-state index contributed by atoms with van der Waals surface area (Å²) in [7, 11) is 0. The van der Waals surface area contributed by atoms with E-state index in [1.165, 1.54) is 11.3 Å². The van der Waals surface area contributed by atoms with E-state index in [0.29, 0.717) is 6.54 Å². The molecule has 3 rings (SSSR count). The van der Waals surface area contributed by atoms with E-state index in [1.54, 1.807) is 0 Å². The van der Waals surface area contributed by atoms with Crippen LogP contribution in [0.15, 0.2) is 48.5 Å². The van der Waals surface area contributed by atoms with Gasteiger partial charge in [-0.15, -0.1) is 0 Å². The number of hydrogen-bond acceptors (Lipinski definition) is 3. The molecule has 0 saturated carbocycles. The summed E-state index contributed by atoms with van der Waals surface area (Å²) >= 11 is 0. The van der Waals surface area contributed by atoms with Gasteiger partial charge in [0, 0.05) is 18.8 Å². The van der Waals surface area contributed by atoms with Gasteiger partial charge in [-0.05, 0) is 42.7 Å².